The van der Waals surface area contributed by atoms with Gasteiger partial charge in [-0.05, 0) is 22.6 Å². The first kappa shape index (κ1) is 16.2. The molecule has 2 aromatic carbocycles. The van der Waals surface area contributed by atoms with Crippen molar-refractivity contribution in [3.63, 3.8) is 0 Å². The normalized spacial score (nSPS) is 11.2. The predicted molar refractivity (Wildman–Crippen MR) is 94.4 cm³/mol. The van der Waals surface area contributed by atoms with Crippen LogP contribution < -0.4 is 10.1 Å². The van der Waals surface area contributed by atoms with Gasteiger partial charge in [0.2, 0.25) is 0 Å². The lowest BCUT2D eigenvalue weighted by Gasteiger charge is -2.16. The molecule has 0 saturated heterocycles. The molecule has 0 saturated carbocycles. The van der Waals surface area contributed by atoms with Crippen molar-refractivity contribution in [1.29, 1.82) is 0 Å². The topological polar surface area (TPSA) is 21.3 Å². The van der Waals surface area contributed by atoms with E-state index in [0.717, 1.165) is 30.4 Å². The molecule has 0 spiro atoms. The van der Waals surface area contributed by atoms with E-state index in [0.29, 0.717) is 6.04 Å². The largest absolute Gasteiger partial charge is 0.492 e. The van der Waals surface area contributed by atoms with E-state index in [-0.39, 0.29) is 0 Å². The van der Waals surface area contributed by atoms with Crippen LogP contribution in [0.2, 0.25) is 0 Å². The number of hydrogen-bond donors (Lipinski definition) is 1. The van der Waals surface area contributed by atoms with Gasteiger partial charge in [0.05, 0.1) is 6.61 Å². The van der Waals surface area contributed by atoms with Gasteiger partial charge in [0.25, 0.3) is 0 Å². The highest BCUT2D eigenvalue weighted by Gasteiger charge is 2.09. The minimum atomic E-state index is 0.465. The number of ether oxygens (including phenoxy) is 1. The smallest absolute Gasteiger partial charge is 0.124 e. The first-order valence-electron chi connectivity index (χ1n) is 7.67. The quantitative estimate of drug-likeness (QED) is 0.727. The van der Waals surface area contributed by atoms with Crippen molar-refractivity contribution < 1.29 is 4.74 Å². The van der Waals surface area contributed by atoms with Gasteiger partial charge < -0.3 is 10.1 Å². The monoisotopic (exact) mass is 303 g/mol. The van der Waals surface area contributed by atoms with Crippen LogP contribution in [0, 0.1) is 0 Å². The number of benzene rings is 2. The summed E-state index contributed by atoms with van der Waals surface area (Å²) < 4.78 is 6.02. The fraction of sp³-hybridized carbons (Fsp3) is 0.444. The molecule has 0 heterocycles. The highest BCUT2D eigenvalue weighted by Crippen LogP contribution is 2.28. The second-order valence-electron chi connectivity index (χ2n) is 5.34. The first-order valence-corrected chi connectivity index (χ1v) is 8.82. The number of rotatable bonds is 8. The third-order valence-corrected chi connectivity index (χ3v) is 4.24. The van der Waals surface area contributed by atoms with E-state index in [9.17, 15) is 0 Å². The van der Waals surface area contributed by atoms with Gasteiger partial charge in [0.1, 0.15) is 5.75 Å². The van der Waals surface area contributed by atoms with Crippen LogP contribution in [0.4, 0.5) is 0 Å². The first-order chi connectivity index (χ1) is 10.2. The van der Waals surface area contributed by atoms with Crippen LogP contribution >= 0.6 is 11.8 Å². The molecule has 0 bridgehead atoms. The molecule has 21 heavy (non-hydrogen) atoms. The van der Waals surface area contributed by atoms with Gasteiger partial charge >= 0.3 is 0 Å². The zero-order chi connectivity index (χ0) is 15.1. The van der Waals surface area contributed by atoms with Crippen LogP contribution in [0.3, 0.4) is 0 Å². The maximum Gasteiger partial charge on any atom is 0.124 e. The Kier molecular flexibility index (Phi) is 6.40. The highest BCUT2D eigenvalue weighted by molar-refractivity contribution is 7.99. The number of thioether (sulfide) groups is 1. The lowest BCUT2D eigenvalue weighted by atomic mass is 10.0. The third-order valence-electron chi connectivity index (χ3n) is 3.37. The van der Waals surface area contributed by atoms with Crippen LogP contribution in [0.1, 0.15) is 26.3 Å². The van der Waals surface area contributed by atoms with Crippen LogP contribution in [0.5, 0.6) is 5.75 Å². The van der Waals surface area contributed by atoms with E-state index < -0.39 is 0 Å². The molecule has 0 fully saturated rings. The molecule has 0 atom stereocenters. The van der Waals surface area contributed by atoms with Gasteiger partial charge in [-0.15, -0.1) is 0 Å². The van der Waals surface area contributed by atoms with E-state index in [2.05, 4.69) is 62.5 Å². The van der Waals surface area contributed by atoms with Gasteiger partial charge in [-0.2, -0.15) is 11.8 Å². The molecule has 2 rings (SSSR count). The van der Waals surface area contributed by atoms with Crippen LogP contribution in [0.15, 0.2) is 36.4 Å². The number of nitrogens with one attached hydrogen (secondary N) is 1. The average molecular weight is 303 g/mol. The molecule has 0 aromatic heterocycles. The minimum Gasteiger partial charge on any atom is -0.492 e. The maximum absolute atomic E-state index is 6.02. The Bertz CT molecular complexity index is 568. The molecular formula is C18H25NOS. The van der Waals surface area contributed by atoms with Gasteiger partial charge in [-0.1, -0.05) is 51.1 Å². The van der Waals surface area contributed by atoms with E-state index >= 15 is 0 Å². The van der Waals surface area contributed by atoms with Crippen LogP contribution in [-0.4, -0.2) is 24.2 Å². The summed E-state index contributed by atoms with van der Waals surface area (Å²) in [4.78, 5) is 0. The molecule has 0 radical (unpaired) electrons. The van der Waals surface area contributed by atoms with Crippen molar-refractivity contribution >= 4 is 22.5 Å². The molecule has 0 unspecified atom stereocenters. The van der Waals surface area contributed by atoms with Crippen molar-refractivity contribution in [2.45, 2.75) is 33.4 Å². The third kappa shape index (κ3) is 4.65. The summed E-state index contributed by atoms with van der Waals surface area (Å²) in [6, 6.07) is 13.2. The number of fused-ring (bicyclic) bond motifs is 1. The van der Waals surface area contributed by atoms with E-state index in [1.54, 1.807) is 0 Å². The van der Waals surface area contributed by atoms with Crippen molar-refractivity contribution in [3.8, 4) is 5.75 Å². The lowest BCUT2D eigenvalue weighted by Crippen LogP contribution is -2.22. The molecule has 3 heteroatoms. The van der Waals surface area contributed by atoms with Crippen LogP contribution in [0.25, 0.3) is 10.8 Å². The fourth-order valence-corrected chi connectivity index (χ4v) is 2.78. The molecule has 0 aliphatic carbocycles. The summed E-state index contributed by atoms with van der Waals surface area (Å²) in [6.07, 6.45) is 0. The minimum absolute atomic E-state index is 0.465. The Balaban J connectivity index is 2.23. The summed E-state index contributed by atoms with van der Waals surface area (Å²) in [7, 11) is 0. The molecule has 1 N–H and O–H groups in total. The summed E-state index contributed by atoms with van der Waals surface area (Å²) in [6.45, 7) is 8.13. The average Bonchev–Trinajstić information content (AvgIpc) is 2.49. The zero-order valence-electron chi connectivity index (χ0n) is 13.2. The molecule has 0 aliphatic rings. The Morgan fingerprint density at radius 3 is 2.71 bits per heavy atom. The molecule has 2 aromatic rings. The van der Waals surface area contributed by atoms with Gasteiger partial charge in [-0.3, -0.25) is 0 Å². The highest BCUT2D eigenvalue weighted by atomic mass is 32.2. The van der Waals surface area contributed by atoms with Crippen molar-refractivity contribution in [1.82, 2.24) is 5.32 Å². The van der Waals surface area contributed by atoms with Gasteiger partial charge in [-0.25, -0.2) is 0 Å². The SMILES string of the molecule is CCSCCOc1ccc2ccccc2c1CNC(C)C. The second-order valence-corrected chi connectivity index (χ2v) is 6.74. The van der Waals surface area contributed by atoms with E-state index in [1.165, 1.54) is 16.3 Å². The van der Waals surface area contributed by atoms with Crippen molar-refractivity contribution in [2.75, 3.05) is 18.1 Å². The standard InChI is InChI=1S/C18H25NOS/c1-4-21-12-11-20-18-10-9-15-7-5-6-8-16(15)17(18)13-19-14(2)3/h5-10,14,19H,4,11-13H2,1-3H3. The van der Waals surface area contributed by atoms with Gasteiger partial charge in [0.15, 0.2) is 0 Å². The molecule has 0 aliphatic heterocycles. The lowest BCUT2D eigenvalue weighted by molar-refractivity contribution is 0.339. The van der Waals surface area contributed by atoms with E-state index in [4.69, 9.17) is 4.74 Å². The Labute approximate surface area is 132 Å². The summed E-state index contributed by atoms with van der Waals surface area (Å²) in [5.74, 6) is 3.20. The van der Waals surface area contributed by atoms with Crippen molar-refractivity contribution in [2.24, 2.45) is 0 Å². The summed E-state index contributed by atoms with van der Waals surface area (Å²) >= 11 is 1.91. The molecule has 0 amide bonds. The molecule has 114 valence electrons. The Hall–Kier alpha value is -1.19. The van der Waals surface area contributed by atoms with Crippen molar-refractivity contribution in [3.05, 3.63) is 42.0 Å². The summed E-state index contributed by atoms with van der Waals surface area (Å²) in [5, 5.41) is 6.07. The predicted octanol–water partition coefficient (Wildman–Crippen LogP) is 4.47. The summed E-state index contributed by atoms with van der Waals surface area (Å²) in [5.41, 5.74) is 1.27. The maximum atomic E-state index is 6.02. The molecule has 2 nitrogen and oxygen atoms in total. The van der Waals surface area contributed by atoms with E-state index in [1.807, 2.05) is 11.8 Å². The second kappa shape index (κ2) is 8.30. The fourth-order valence-electron chi connectivity index (χ4n) is 2.29. The Morgan fingerprint density at radius 1 is 1.14 bits per heavy atom. The Morgan fingerprint density at radius 2 is 1.95 bits per heavy atom. The van der Waals surface area contributed by atoms with Crippen LogP contribution in [-0.2, 0) is 6.54 Å². The zero-order valence-corrected chi connectivity index (χ0v) is 14.0. The van der Waals surface area contributed by atoms with Gasteiger partial charge in [0, 0.05) is 23.9 Å². The number of hydrogen-bond acceptors (Lipinski definition) is 3. The molecular weight excluding hydrogens is 278 g/mol.